The molecule has 1 aromatic rings. The Balaban J connectivity index is 1.80. The minimum atomic E-state index is -0.186. The van der Waals surface area contributed by atoms with Crippen LogP contribution in [0.4, 0.5) is 10.5 Å². The zero-order chi connectivity index (χ0) is 17.5. The summed E-state index contributed by atoms with van der Waals surface area (Å²) in [6.07, 6.45) is 6.30. The van der Waals surface area contributed by atoms with E-state index in [4.69, 9.17) is 0 Å². The molecule has 1 saturated carbocycles. The lowest BCUT2D eigenvalue weighted by molar-refractivity contribution is 0.0963. The van der Waals surface area contributed by atoms with Gasteiger partial charge in [-0.1, -0.05) is 32.6 Å². The molecular formula is C19H29N3O2. The van der Waals surface area contributed by atoms with Gasteiger partial charge in [0.1, 0.15) is 0 Å². The molecule has 2 unspecified atom stereocenters. The molecule has 2 atom stereocenters. The molecule has 0 radical (unpaired) electrons. The van der Waals surface area contributed by atoms with Crippen LogP contribution in [0.1, 0.15) is 54.9 Å². The van der Waals surface area contributed by atoms with Crippen molar-refractivity contribution in [1.29, 1.82) is 0 Å². The van der Waals surface area contributed by atoms with Crippen LogP contribution < -0.4 is 16.0 Å². The highest BCUT2D eigenvalue weighted by Crippen LogP contribution is 2.31. The van der Waals surface area contributed by atoms with Crippen LogP contribution in [0, 0.1) is 18.8 Å². The maximum absolute atomic E-state index is 12.1. The lowest BCUT2D eigenvalue weighted by Crippen LogP contribution is -2.32. The van der Waals surface area contributed by atoms with Gasteiger partial charge in [-0.2, -0.15) is 0 Å². The zero-order valence-corrected chi connectivity index (χ0v) is 14.9. The lowest BCUT2D eigenvalue weighted by atomic mass is 9.79. The first kappa shape index (κ1) is 18.3. The van der Waals surface area contributed by atoms with Gasteiger partial charge in [0.15, 0.2) is 0 Å². The van der Waals surface area contributed by atoms with Crippen LogP contribution in [0.2, 0.25) is 0 Å². The Kier molecular flexibility index (Phi) is 6.64. The van der Waals surface area contributed by atoms with Crippen molar-refractivity contribution in [2.24, 2.45) is 11.8 Å². The van der Waals surface area contributed by atoms with Crippen LogP contribution >= 0.6 is 0 Å². The second-order valence-electron chi connectivity index (χ2n) is 6.80. The summed E-state index contributed by atoms with van der Waals surface area (Å²) in [5.74, 6) is 1.37. The topological polar surface area (TPSA) is 70.2 Å². The minimum absolute atomic E-state index is 0.129. The van der Waals surface area contributed by atoms with E-state index in [1.165, 1.54) is 25.7 Å². The Morgan fingerprint density at radius 3 is 2.62 bits per heavy atom. The number of carbonyl (C=O) groups excluding carboxylic acids is 2. The molecule has 0 bridgehead atoms. The SMILES string of the molecule is CNC(=O)c1ccc(NC(=O)NCCC2CCCCC2C)c(C)c1. The van der Waals surface area contributed by atoms with Gasteiger partial charge < -0.3 is 16.0 Å². The normalized spacial score (nSPS) is 20.3. The Morgan fingerprint density at radius 1 is 1.21 bits per heavy atom. The molecular weight excluding hydrogens is 302 g/mol. The summed E-state index contributed by atoms with van der Waals surface area (Å²) in [6, 6.07) is 5.07. The largest absolute Gasteiger partial charge is 0.355 e. The number of hydrogen-bond acceptors (Lipinski definition) is 2. The number of hydrogen-bond donors (Lipinski definition) is 3. The van der Waals surface area contributed by atoms with E-state index < -0.39 is 0 Å². The zero-order valence-electron chi connectivity index (χ0n) is 14.9. The Labute approximate surface area is 144 Å². The molecule has 24 heavy (non-hydrogen) atoms. The monoisotopic (exact) mass is 331 g/mol. The number of anilines is 1. The molecule has 1 aliphatic carbocycles. The smallest absolute Gasteiger partial charge is 0.319 e. The van der Waals surface area contributed by atoms with Crippen LogP contribution in [0.3, 0.4) is 0 Å². The summed E-state index contributed by atoms with van der Waals surface area (Å²) in [5, 5.41) is 8.40. The highest BCUT2D eigenvalue weighted by molar-refractivity contribution is 5.96. The number of nitrogens with one attached hydrogen (secondary N) is 3. The maximum atomic E-state index is 12.1. The van der Waals surface area contributed by atoms with Gasteiger partial charge in [-0.3, -0.25) is 4.79 Å². The fraction of sp³-hybridized carbons (Fsp3) is 0.579. The quantitative estimate of drug-likeness (QED) is 0.770. The molecule has 3 N–H and O–H groups in total. The van der Waals surface area contributed by atoms with Gasteiger partial charge in [-0.05, 0) is 48.9 Å². The van der Waals surface area contributed by atoms with E-state index in [9.17, 15) is 9.59 Å². The van der Waals surface area contributed by atoms with Crippen molar-refractivity contribution >= 4 is 17.6 Å². The van der Waals surface area contributed by atoms with Gasteiger partial charge >= 0.3 is 6.03 Å². The van der Waals surface area contributed by atoms with E-state index in [0.29, 0.717) is 12.1 Å². The highest BCUT2D eigenvalue weighted by atomic mass is 16.2. The fourth-order valence-electron chi connectivity index (χ4n) is 3.45. The van der Waals surface area contributed by atoms with Crippen LogP contribution in [-0.4, -0.2) is 25.5 Å². The van der Waals surface area contributed by atoms with Gasteiger partial charge in [0.05, 0.1) is 0 Å². The van der Waals surface area contributed by atoms with E-state index in [1.807, 2.05) is 6.92 Å². The highest BCUT2D eigenvalue weighted by Gasteiger charge is 2.20. The Morgan fingerprint density at radius 2 is 1.96 bits per heavy atom. The van der Waals surface area contributed by atoms with Crippen LogP contribution in [0.25, 0.3) is 0 Å². The van der Waals surface area contributed by atoms with E-state index in [0.717, 1.165) is 29.5 Å². The molecule has 0 aliphatic heterocycles. The molecule has 3 amide bonds. The average Bonchev–Trinajstić information content (AvgIpc) is 2.57. The predicted octanol–water partition coefficient (Wildman–Crippen LogP) is 3.69. The summed E-state index contributed by atoms with van der Waals surface area (Å²) < 4.78 is 0. The van der Waals surface area contributed by atoms with Gasteiger partial charge in [0.2, 0.25) is 0 Å². The standard InChI is InChI=1S/C19H29N3O2/c1-13-6-4-5-7-15(13)10-11-21-19(24)22-17-9-8-16(12-14(17)2)18(23)20-3/h8-9,12-13,15H,4-7,10-11H2,1-3H3,(H,20,23)(H2,21,22,24). The fourth-order valence-corrected chi connectivity index (χ4v) is 3.45. The first-order chi connectivity index (χ1) is 11.5. The van der Waals surface area contributed by atoms with Gasteiger partial charge in [-0.15, -0.1) is 0 Å². The van der Waals surface area contributed by atoms with E-state index in [-0.39, 0.29) is 11.9 Å². The molecule has 5 nitrogen and oxygen atoms in total. The number of amides is 3. The maximum Gasteiger partial charge on any atom is 0.319 e. The Bertz CT molecular complexity index is 586. The molecule has 1 fully saturated rings. The number of aryl methyl sites for hydroxylation is 1. The second kappa shape index (κ2) is 8.71. The van der Waals surface area contributed by atoms with Crippen LogP contribution in [0.15, 0.2) is 18.2 Å². The van der Waals surface area contributed by atoms with Crippen molar-refractivity contribution < 1.29 is 9.59 Å². The molecule has 5 heteroatoms. The van der Waals surface area contributed by atoms with Crippen LogP contribution in [-0.2, 0) is 0 Å². The van der Waals surface area contributed by atoms with Crippen molar-refractivity contribution in [1.82, 2.24) is 10.6 Å². The number of carbonyl (C=O) groups is 2. The van der Waals surface area contributed by atoms with E-state index in [2.05, 4.69) is 22.9 Å². The molecule has 0 heterocycles. The number of benzene rings is 1. The molecule has 0 spiro atoms. The molecule has 1 aromatic carbocycles. The summed E-state index contributed by atoms with van der Waals surface area (Å²) in [5.41, 5.74) is 2.19. The number of urea groups is 1. The summed E-state index contributed by atoms with van der Waals surface area (Å²) in [4.78, 5) is 23.7. The third-order valence-corrected chi connectivity index (χ3v) is 5.05. The van der Waals surface area contributed by atoms with Crippen molar-refractivity contribution in [2.75, 3.05) is 18.9 Å². The molecule has 2 rings (SSSR count). The summed E-state index contributed by atoms with van der Waals surface area (Å²) in [6.45, 7) is 4.91. The van der Waals surface area contributed by atoms with Crippen molar-refractivity contribution in [2.45, 2.75) is 46.0 Å². The minimum Gasteiger partial charge on any atom is -0.355 e. The van der Waals surface area contributed by atoms with Crippen molar-refractivity contribution in [3.8, 4) is 0 Å². The first-order valence-corrected chi connectivity index (χ1v) is 8.89. The molecule has 0 saturated heterocycles. The van der Waals surface area contributed by atoms with Crippen molar-refractivity contribution in [3.63, 3.8) is 0 Å². The predicted molar refractivity (Wildman–Crippen MR) is 97.3 cm³/mol. The summed E-state index contributed by atoms with van der Waals surface area (Å²) in [7, 11) is 1.60. The number of rotatable bonds is 5. The van der Waals surface area contributed by atoms with Crippen LogP contribution in [0.5, 0.6) is 0 Å². The van der Waals surface area contributed by atoms with Gasteiger partial charge in [0.25, 0.3) is 5.91 Å². The summed E-state index contributed by atoms with van der Waals surface area (Å²) >= 11 is 0. The first-order valence-electron chi connectivity index (χ1n) is 8.89. The third-order valence-electron chi connectivity index (χ3n) is 5.05. The molecule has 0 aromatic heterocycles. The molecule has 132 valence electrons. The Hall–Kier alpha value is -2.04. The van der Waals surface area contributed by atoms with E-state index in [1.54, 1.807) is 25.2 Å². The van der Waals surface area contributed by atoms with Gasteiger partial charge in [-0.25, -0.2) is 4.79 Å². The average molecular weight is 331 g/mol. The lowest BCUT2D eigenvalue weighted by Gasteiger charge is -2.28. The third kappa shape index (κ3) is 4.98. The second-order valence-corrected chi connectivity index (χ2v) is 6.80. The van der Waals surface area contributed by atoms with E-state index >= 15 is 0 Å². The van der Waals surface area contributed by atoms with Gasteiger partial charge in [0, 0.05) is 24.8 Å². The van der Waals surface area contributed by atoms with Crippen molar-refractivity contribution in [3.05, 3.63) is 29.3 Å². The molecule has 1 aliphatic rings.